The molecule has 24 heavy (non-hydrogen) atoms. The molecular formula is C19H22ClNO2S. The number of aryl methyl sites for hydroxylation is 2. The number of carbonyl (C=O) groups is 1. The van der Waals surface area contributed by atoms with Crippen LogP contribution in [0.1, 0.15) is 18.1 Å². The first-order valence-electron chi connectivity index (χ1n) is 7.85. The first-order chi connectivity index (χ1) is 11.4. The molecule has 0 aliphatic rings. The molecule has 0 heterocycles. The van der Waals surface area contributed by atoms with E-state index >= 15 is 0 Å². The Balaban J connectivity index is 1.73. The fourth-order valence-corrected chi connectivity index (χ4v) is 3.29. The highest BCUT2D eigenvalue weighted by atomic mass is 35.5. The van der Waals surface area contributed by atoms with Gasteiger partial charge < -0.3 is 10.1 Å². The molecule has 2 rings (SSSR count). The van der Waals surface area contributed by atoms with E-state index < -0.39 is 0 Å². The zero-order valence-corrected chi connectivity index (χ0v) is 15.7. The van der Waals surface area contributed by atoms with Crippen molar-refractivity contribution in [3.63, 3.8) is 0 Å². The maximum absolute atomic E-state index is 12.1. The highest BCUT2D eigenvalue weighted by Crippen LogP contribution is 2.24. The third-order valence-corrected chi connectivity index (χ3v) is 4.72. The van der Waals surface area contributed by atoms with Crippen LogP contribution in [0.5, 0.6) is 5.75 Å². The van der Waals surface area contributed by atoms with Gasteiger partial charge in [0.1, 0.15) is 12.4 Å². The van der Waals surface area contributed by atoms with E-state index in [-0.39, 0.29) is 11.2 Å². The Labute approximate surface area is 152 Å². The zero-order valence-electron chi connectivity index (χ0n) is 14.1. The van der Waals surface area contributed by atoms with Crippen LogP contribution in [0.15, 0.2) is 47.4 Å². The summed E-state index contributed by atoms with van der Waals surface area (Å²) in [7, 11) is 0. The fraction of sp³-hybridized carbons (Fsp3) is 0.316. The molecule has 5 heteroatoms. The molecule has 0 unspecified atom stereocenters. The largest absolute Gasteiger partial charge is 0.492 e. The van der Waals surface area contributed by atoms with Gasteiger partial charge in [0.25, 0.3) is 0 Å². The van der Waals surface area contributed by atoms with Gasteiger partial charge in [0, 0.05) is 9.92 Å². The van der Waals surface area contributed by atoms with Crippen LogP contribution in [0.2, 0.25) is 5.02 Å². The van der Waals surface area contributed by atoms with E-state index in [1.54, 1.807) is 0 Å². The van der Waals surface area contributed by atoms with Crippen molar-refractivity contribution in [1.29, 1.82) is 0 Å². The van der Waals surface area contributed by atoms with Crippen molar-refractivity contribution in [2.75, 3.05) is 13.2 Å². The minimum absolute atomic E-state index is 0.000951. The van der Waals surface area contributed by atoms with E-state index in [0.717, 1.165) is 10.6 Å². The lowest BCUT2D eigenvalue weighted by atomic mass is 10.1. The smallest absolute Gasteiger partial charge is 0.233 e. The van der Waals surface area contributed by atoms with E-state index in [1.165, 1.54) is 22.9 Å². The summed E-state index contributed by atoms with van der Waals surface area (Å²) in [6.45, 7) is 6.90. The first-order valence-corrected chi connectivity index (χ1v) is 9.11. The van der Waals surface area contributed by atoms with Gasteiger partial charge in [-0.15, -0.1) is 11.8 Å². The van der Waals surface area contributed by atoms with E-state index in [4.69, 9.17) is 16.3 Å². The number of rotatable bonds is 7. The first kappa shape index (κ1) is 18.7. The molecule has 0 saturated carbocycles. The van der Waals surface area contributed by atoms with Gasteiger partial charge in [0.15, 0.2) is 0 Å². The van der Waals surface area contributed by atoms with E-state index in [9.17, 15) is 4.79 Å². The van der Waals surface area contributed by atoms with Crippen LogP contribution in [-0.2, 0) is 4.79 Å². The monoisotopic (exact) mass is 363 g/mol. The number of nitrogens with one attached hydrogen (secondary N) is 1. The lowest BCUT2D eigenvalue weighted by Gasteiger charge is -2.13. The summed E-state index contributed by atoms with van der Waals surface area (Å²) >= 11 is 7.37. The van der Waals surface area contributed by atoms with Crippen LogP contribution >= 0.6 is 23.4 Å². The van der Waals surface area contributed by atoms with Crippen molar-refractivity contribution < 1.29 is 9.53 Å². The minimum atomic E-state index is -0.174. The lowest BCUT2D eigenvalue weighted by Crippen LogP contribution is -2.33. The predicted octanol–water partition coefficient (Wildman–Crippen LogP) is 4.63. The Morgan fingerprint density at radius 1 is 1.17 bits per heavy atom. The van der Waals surface area contributed by atoms with Crippen molar-refractivity contribution in [2.24, 2.45) is 0 Å². The van der Waals surface area contributed by atoms with Crippen molar-refractivity contribution in [1.82, 2.24) is 5.32 Å². The summed E-state index contributed by atoms with van der Waals surface area (Å²) in [5.41, 5.74) is 2.34. The predicted molar refractivity (Wildman–Crippen MR) is 101 cm³/mol. The van der Waals surface area contributed by atoms with Crippen LogP contribution in [0.25, 0.3) is 0 Å². The summed E-state index contributed by atoms with van der Waals surface area (Å²) in [6.07, 6.45) is 0. The van der Waals surface area contributed by atoms with Crippen LogP contribution < -0.4 is 10.1 Å². The van der Waals surface area contributed by atoms with Gasteiger partial charge in [0.05, 0.1) is 11.8 Å². The molecule has 0 aliphatic carbocycles. The number of ether oxygens (including phenoxy) is 1. The highest BCUT2D eigenvalue weighted by Gasteiger charge is 2.13. The third kappa shape index (κ3) is 6.10. The second-order valence-corrected chi connectivity index (χ2v) is 7.53. The van der Waals surface area contributed by atoms with Crippen molar-refractivity contribution >= 4 is 29.3 Å². The molecule has 0 spiro atoms. The number of amides is 1. The van der Waals surface area contributed by atoms with Crippen LogP contribution in [0.3, 0.4) is 0 Å². The lowest BCUT2D eigenvalue weighted by molar-refractivity contribution is -0.120. The quantitative estimate of drug-likeness (QED) is 0.575. The van der Waals surface area contributed by atoms with Gasteiger partial charge in [-0.05, 0) is 68.3 Å². The summed E-state index contributed by atoms with van der Waals surface area (Å²) in [6, 6.07) is 13.6. The van der Waals surface area contributed by atoms with Crippen molar-refractivity contribution in [2.45, 2.75) is 30.9 Å². The molecule has 2 aromatic rings. The molecule has 0 fully saturated rings. The molecule has 0 saturated heterocycles. The van der Waals surface area contributed by atoms with E-state index in [2.05, 4.69) is 11.4 Å². The zero-order chi connectivity index (χ0) is 17.5. The molecule has 2 aromatic carbocycles. The SMILES string of the molecule is Cc1cc(C)cc(OCCNC(=O)[C@H](C)Sc2ccc(Cl)cc2)c1. The second kappa shape index (κ2) is 9.00. The van der Waals surface area contributed by atoms with Gasteiger partial charge in [0.2, 0.25) is 5.91 Å². The molecule has 0 aromatic heterocycles. The molecule has 3 nitrogen and oxygen atoms in total. The van der Waals surface area contributed by atoms with Gasteiger partial charge in [-0.1, -0.05) is 17.7 Å². The Kier molecular flexibility index (Phi) is 7.00. The average Bonchev–Trinajstić information content (AvgIpc) is 2.52. The summed E-state index contributed by atoms with van der Waals surface area (Å²) < 4.78 is 5.69. The highest BCUT2D eigenvalue weighted by molar-refractivity contribution is 8.00. The Hall–Kier alpha value is -1.65. The number of benzene rings is 2. The van der Waals surface area contributed by atoms with Crippen LogP contribution in [-0.4, -0.2) is 24.3 Å². The molecule has 0 aliphatic heterocycles. The van der Waals surface area contributed by atoms with Crippen molar-refractivity contribution in [3.05, 3.63) is 58.6 Å². The topological polar surface area (TPSA) is 38.3 Å². The molecule has 1 amide bonds. The van der Waals surface area contributed by atoms with Gasteiger partial charge in [-0.2, -0.15) is 0 Å². The van der Waals surface area contributed by atoms with E-state index in [1.807, 2.05) is 57.2 Å². The van der Waals surface area contributed by atoms with Gasteiger partial charge in [-0.25, -0.2) is 0 Å². The van der Waals surface area contributed by atoms with Crippen LogP contribution in [0.4, 0.5) is 0 Å². The molecule has 1 atom stereocenters. The minimum Gasteiger partial charge on any atom is -0.492 e. The summed E-state index contributed by atoms with van der Waals surface area (Å²) in [5.74, 6) is 0.837. The number of hydrogen-bond acceptors (Lipinski definition) is 3. The van der Waals surface area contributed by atoms with Gasteiger partial charge in [-0.3, -0.25) is 4.79 Å². The standard InChI is InChI=1S/C19H22ClNO2S/c1-13-10-14(2)12-17(11-13)23-9-8-21-19(22)15(3)24-18-6-4-16(20)5-7-18/h4-7,10-12,15H,8-9H2,1-3H3,(H,21,22)/t15-/m0/s1. The summed E-state index contributed by atoms with van der Waals surface area (Å²) in [4.78, 5) is 13.1. The molecule has 0 radical (unpaired) electrons. The average molecular weight is 364 g/mol. The molecule has 128 valence electrons. The third-order valence-electron chi connectivity index (χ3n) is 3.36. The number of carbonyl (C=O) groups excluding carboxylic acids is 1. The molecular weight excluding hydrogens is 342 g/mol. The van der Waals surface area contributed by atoms with E-state index in [0.29, 0.717) is 18.2 Å². The molecule has 1 N–H and O–H groups in total. The van der Waals surface area contributed by atoms with Crippen molar-refractivity contribution in [3.8, 4) is 5.75 Å². The number of hydrogen-bond donors (Lipinski definition) is 1. The Morgan fingerprint density at radius 3 is 2.42 bits per heavy atom. The second-order valence-electron chi connectivity index (χ2n) is 5.68. The maximum Gasteiger partial charge on any atom is 0.233 e. The van der Waals surface area contributed by atoms with Gasteiger partial charge >= 0.3 is 0 Å². The normalized spacial score (nSPS) is 11.8. The Bertz CT molecular complexity index is 668. The fourth-order valence-electron chi connectivity index (χ4n) is 2.27. The number of halogens is 1. The molecule has 0 bridgehead atoms. The van der Waals surface area contributed by atoms with Crippen LogP contribution in [0, 0.1) is 13.8 Å². The maximum atomic E-state index is 12.1. The number of thioether (sulfide) groups is 1. The summed E-state index contributed by atoms with van der Waals surface area (Å²) in [5, 5.41) is 3.42. The Morgan fingerprint density at radius 2 is 1.79 bits per heavy atom.